The zero-order valence-corrected chi connectivity index (χ0v) is 11.8. The first-order chi connectivity index (χ1) is 9.42. The van der Waals surface area contributed by atoms with E-state index in [1.807, 2.05) is 29.1 Å². The Kier molecular flexibility index (Phi) is 4.20. The summed E-state index contributed by atoms with van der Waals surface area (Å²) in [5.41, 5.74) is 2.35. The maximum absolute atomic E-state index is 4.41. The highest BCUT2D eigenvalue weighted by atomic mass is 32.2. The van der Waals surface area contributed by atoms with Crippen molar-refractivity contribution < 1.29 is 0 Å². The molecule has 2 aromatic rings. The number of hydrogen-bond donors (Lipinski definition) is 1. The van der Waals surface area contributed by atoms with Crippen molar-refractivity contribution in [1.29, 1.82) is 0 Å². The molecule has 0 aliphatic carbocycles. The fourth-order valence-electron chi connectivity index (χ4n) is 2.36. The molecule has 0 saturated carbocycles. The normalized spacial score (nSPS) is 18.8. The summed E-state index contributed by atoms with van der Waals surface area (Å²) >= 11 is 2.10. The summed E-state index contributed by atoms with van der Waals surface area (Å²) in [7, 11) is 0. The Labute approximate surface area is 118 Å². The van der Waals surface area contributed by atoms with Crippen LogP contribution in [0.2, 0.25) is 0 Å². The number of thioether (sulfide) groups is 1. The third kappa shape index (κ3) is 3.39. The van der Waals surface area contributed by atoms with Crippen molar-refractivity contribution in [1.82, 2.24) is 15.1 Å². The van der Waals surface area contributed by atoms with E-state index in [0.717, 1.165) is 24.0 Å². The second kappa shape index (κ2) is 6.26. The van der Waals surface area contributed by atoms with Crippen molar-refractivity contribution in [3.05, 3.63) is 48.3 Å². The van der Waals surface area contributed by atoms with Crippen LogP contribution in [-0.4, -0.2) is 27.3 Å². The Morgan fingerprint density at radius 1 is 1.32 bits per heavy atom. The molecule has 1 aromatic carbocycles. The topological polar surface area (TPSA) is 29.9 Å². The molecule has 3 rings (SSSR count). The predicted octanol–water partition coefficient (Wildman–Crippen LogP) is 2.86. The quantitative estimate of drug-likeness (QED) is 0.908. The molecule has 19 heavy (non-hydrogen) atoms. The zero-order chi connectivity index (χ0) is 12.9. The van der Waals surface area contributed by atoms with Gasteiger partial charge in [-0.3, -0.25) is 0 Å². The largest absolute Gasteiger partial charge is 0.311 e. The van der Waals surface area contributed by atoms with E-state index in [4.69, 9.17) is 0 Å². The van der Waals surface area contributed by atoms with Crippen molar-refractivity contribution in [2.45, 2.75) is 24.6 Å². The number of nitrogens with zero attached hydrogens (tertiary/aromatic N) is 2. The smallest absolute Gasteiger partial charge is 0.0645 e. The van der Waals surface area contributed by atoms with Crippen molar-refractivity contribution in [2.75, 3.05) is 12.3 Å². The van der Waals surface area contributed by atoms with E-state index in [-0.39, 0.29) is 0 Å². The van der Waals surface area contributed by atoms with Gasteiger partial charge in [-0.1, -0.05) is 18.2 Å². The Balaban J connectivity index is 1.53. The molecule has 4 heteroatoms. The van der Waals surface area contributed by atoms with Crippen LogP contribution in [0.25, 0.3) is 5.69 Å². The molecule has 0 radical (unpaired) electrons. The molecular weight excluding hydrogens is 254 g/mol. The first-order valence-corrected chi connectivity index (χ1v) is 7.88. The average Bonchev–Trinajstić information content (AvgIpc) is 3.11. The predicted molar refractivity (Wildman–Crippen MR) is 80.8 cm³/mol. The van der Waals surface area contributed by atoms with Gasteiger partial charge in [-0.25, -0.2) is 4.68 Å². The Hall–Kier alpha value is -1.26. The highest BCUT2D eigenvalue weighted by Gasteiger charge is 2.14. The minimum Gasteiger partial charge on any atom is -0.311 e. The van der Waals surface area contributed by atoms with Gasteiger partial charge in [0.05, 0.1) is 11.9 Å². The Morgan fingerprint density at radius 2 is 2.21 bits per heavy atom. The summed E-state index contributed by atoms with van der Waals surface area (Å²) in [6.45, 7) is 2.02. The van der Waals surface area contributed by atoms with Crippen LogP contribution in [0.3, 0.4) is 0 Å². The summed E-state index contributed by atoms with van der Waals surface area (Å²) in [4.78, 5) is 0. The zero-order valence-electron chi connectivity index (χ0n) is 11.0. The first kappa shape index (κ1) is 12.8. The number of para-hydroxylation sites is 1. The molecule has 1 atom stereocenters. The lowest BCUT2D eigenvalue weighted by Crippen LogP contribution is -2.22. The van der Waals surface area contributed by atoms with Gasteiger partial charge < -0.3 is 5.32 Å². The van der Waals surface area contributed by atoms with Crippen molar-refractivity contribution >= 4 is 11.8 Å². The molecule has 3 nitrogen and oxygen atoms in total. The van der Waals surface area contributed by atoms with Gasteiger partial charge in [-0.05, 0) is 30.7 Å². The third-order valence-electron chi connectivity index (χ3n) is 3.38. The molecule has 2 heterocycles. The Bertz CT molecular complexity index is 503. The summed E-state index contributed by atoms with van der Waals surface area (Å²) in [5.74, 6) is 1.33. The molecule has 100 valence electrons. The summed E-state index contributed by atoms with van der Waals surface area (Å²) < 4.78 is 1.93. The molecule has 1 saturated heterocycles. The molecule has 1 fully saturated rings. The van der Waals surface area contributed by atoms with Crippen LogP contribution in [-0.2, 0) is 6.54 Å². The second-order valence-corrected chi connectivity index (χ2v) is 6.30. The van der Waals surface area contributed by atoms with Crippen LogP contribution in [0.15, 0.2) is 42.7 Å². The molecule has 0 amide bonds. The maximum Gasteiger partial charge on any atom is 0.0645 e. The minimum absolute atomic E-state index is 0.809. The SMILES string of the molecule is c1ccc(-n2cc(CNCC3CCCS3)cn2)cc1. The van der Waals surface area contributed by atoms with E-state index in [9.17, 15) is 0 Å². The first-order valence-electron chi connectivity index (χ1n) is 6.83. The second-order valence-electron chi connectivity index (χ2n) is 4.89. The lowest BCUT2D eigenvalue weighted by atomic mass is 10.2. The van der Waals surface area contributed by atoms with Crippen LogP contribution in [0, 0.1) is 0 Å². The van der Waals surface area contributed by atoms with Gasteiger partial charge in [0.1, 0.15) is 0 Å². The monoisotopic (exact) mass is 273 g/mol. The van der Waals surface area contributed by atoms with Gasteiger partial charge in [-0.15, -0.1) is 0 Å². The van der Waals surface area contributed by atoms with Gasteiger partial charge in [0.2, 0.25) is 0 Å². The van der Waals surface area contributed by atoms with Gasteiger partial charge in [0.15, 0.2) is 0 Å². The lowest BCUT2D eigenvalue weighted by molar-refractivity contribution is 0.646. The van der Waals surface area contributed by atoms with Crippen molar-refractivity contribution in [3.8, 4) is 5.69 Å². The van der Waals surface area contributed by atoms with Crippen LogP contribution in [0.5, 0.6) is 0 Å². The molecule has 1 N–H and O–H groups in total. The molecule has 1 aliphatic heterocycles. The summed E-state index contributed by atoms with van der Waals surface area (Å²) in [5, 5.41) is 8.75. The van der Waals surface area contributed by atoms with Crippen LogP contribution in [0.1, 0.15) is 18.4 Å². The fourth-order valence-corrected chi connectivity index (χ4v) is 3.59. The van der Waals surface area contributed by atoms with Gasteiger partial charge in [0.25, 0.3) is 0 Å². The lowest BCUT2D eigenvalue weighted by Gasteiger charge is -2.08. The highest BCUT2D eigenvalue weighted by molar-refractivity contribution is 8.00. The van der Waals surface area contributed by atoms with E-state index in [1.165, 1.54) is 24.2 Å². The Morgan fingerprint density at radius 3 is 3.00 bits per heavy atom. The number of nitrogens with one attached hydrogen (secondary N) is 1. The average molecular weight is 273 g/mol. The number of aromatic nitrogens is 2. The molecule has 0 bridgehead atoms. The van der Waals surface area contributed by atoms with Crippen molar-refractivity contribution in [3.63, 3.8) is 0 Å². The third-order valence-corrected chi connectivity index (χ3v) is 4.78. The summed E-state index contributed by atoms with van der Waals surface area (Å²) in [6, 6.07) is 10.2. The van der Waals surface area contributed by atoms with Crippen LogP contribution in [0.4, 0.5) is 0 Å². The standard InChI is InChI=1S/C15H19N3S/c1-2-5-14(6-3-1)18-12-13(10-17-18)9-16-11-15-7-4-8-19-15/h1-3,5-6,10,12,15-16H,4,7-9,11H2. The van der Waals surface area contributed by atoms with Crippen LogP contribution < -0.4 is 5.32 Å². The fraction of sp³-hybridized carbons (Fsp3) is 0.400. The number of benzene rings is 1. The van der Waals surface area contributed by atoms with E-state index in [0.29, 0.717) is 0 Å². The highest BCUT2D eigenvalue weighted by Crippen LogP contribution is 2.25. The van der Waals surface area contributed by atoms with E-state index >= 15 is 0 Å². The minimum atomic E-state index is 0.809. The van der Waals surface area contributed by atoms with Crippen LogP contribution >= 0.6 is 11.8 Å². The van der Waals surface area contributed by atoms with Gasteiger partial charge >= 0.3 is 0 Å². The molecular formula is C15H19N3S. The van der Waals surface area contributed by atoms with E-state index in [1.54, 1.807) is 0 Å². The van der Waals surface area contributed by atoms with Gasteiger partial charge in [0, 0.05) is 30.1 Å². The number of hydrogen-bond acceptors (Lipinski definition) is 3. The molecule has 1 unspecified atom stereocenters. The molecule has 1 aliphatic rings. The van der Waals surface area contributed by atoms with Gasteiger partial charge in [-0.2, -0.15) is 16.9 Å². The van der Waals surface area contributed by atoms with E-state index < -0.39 is 0 Å². The van der Waals surface area contributed by atoms with Crippen molar-refractivity contribution in [2.24, 2.45) is 0 Å². The number of rotatable bonds is 5. The maximum atomic E-state index is 4.41. The van der Waals surface area contributed by atoms with E-state index in [2.05, 4.69) is 40.5 Å². The summed E-state index contributed by atoms with van der Waals surface area (Å²) in [6.07, 6.45) is 6.79. The molecule has 0 spiro atoms. The molecule has 1 aromatic heterocycles.